The van der Waals surface area contributed by atoms with Gasteiger partial charge in [-0.2, -0.15) is 5.10 Å². The summed E-state index contributed by atoms with van der Waals surface area (Å²) < 4.78 is 1.75. The van der Waals surface area contributed by atoms with Gasteiger partial charge in [-0.25, -0.2) is 0 Å². The SMILES string of the molecule is Cc1c([C@H](C)NC(=O)[C@H]2C[C@@H]2C(=O)O)cnn1C. The number of rotatable bonds is 4. The second-order valence-electron chi connectivity index (χ2n) is 4.83. The summed E-state index contributed by atoms with van der Waals surface area (Å²) in [6, 6.07) is -0.152. The van der Waals surface area contributed by atoms with Crippen molar-refractivity contribution in [2.45, 2.75) is 26.3 Å². The van der Waals surface area contributed by atoms with Crippen LogP contribution in [0.1, 0.15) is 30.6 Å². The smallest absolute Gasteiger partial charge is 0.307 e. The Kier molecular flexibility index (Phi) is 3.11. The van der Waals surface area contributed by atoms with Gasteiger partial charge in [0.15, 0.2) is 0 Å². The Morgan fingerprint density at radius 1 is 1.56 bits per heavy atom. The topological polar surface area (TPSA) is 84.2 Å². The molecule has 1 aliphatic carbocycles. The summed E-state index contributed by atoms with van der Waals surface area (Å²) in [4.78, 5) is 22.5. The molecule has 0 saturated heterocycles. The molecule has 0 bridgehead atoms. The Morgan fingerprint density at radius 2 is 2.22 bits per heavy atom. The molecule has 0 spiro atoms. The molecule has 2 rings (SSSR count). The highest BCUT2D eigenvalue weighted by molar-refractivity contribution is 5.89. The zero-order chi connectivity index (χ0) is 13.4. The molecule has 1 aromatic heterocycles. The fourth-order valence-electron chi connectivity index (χ4n) is 2.10. The Labute approximate surface area is 105 Å². The van der Waals surface area contributed by atoms with Crippen LogP contribution >= 0.6 is 0 Å². The van der Waals surface area contributed by atoms with E-state index >= 15 is 0 Å². The van der Waals surface area contributed by atoms with Crippen molar-refractivity contribution >= 4 is 11.9 Å². The summed E-state index contributed by atoms with van der Waals surface area (Å²) in [5.74, 6) is -1.95. The molecular weight excluding hydrogens is 234 g/mol. The minimum absolute atomic E-state index is 0.152. The number of nitrogens with zero attached hydrogens (tertiary/aromatic N) is 2. The van der Waals surface area contributed by atoms with E-state index in [0.29, 0.717) is 6.42 Å². The highest BCUT2D eigenvalue weighted by Crippen LogP contribution is 2.39. The largest absolute Gasteiger partial charge is 0.481 e. The van der Waals surface area contributed by atoms with E-state index in [0.717, 1.165) is 11.3 Å². The van der Waals surface area contributed by atoms with E-state index in [1.165, 1.54) is 0 Å². The van der Waals surface area contributed by atoms with E-state index in [1.54, 1.807) is 10.9 Å². The summed E-state index contributed by atoms with van der Waals surface area (Å²) in [7, 11) is 1.84. The van der Waals surface area contributed by atoms with Crippen molar-refractivity contribution in [3.05, 3.63) is 17.5 Å². The van der Waals surface area contributed by atoms with Gasteiger partial charge < -0.3 is 10.4 Å². The lowest BCUT2D eigenvalue weighted by molar-refractivity contribution is -0.140. The number of aryl methyl sites for hydroxylation is 1. The molecule has 2 N–H and O–H groups in total. The maximum Gasteiger partial charge on any atom is 0.307 e. The molecule has 98 valence electrons. The van der Waals surface area contributed by atoms with E-state index in [4.69, 9.17) is 5.11 Å². The van der Waals surface area contributed by atoms with Gasteiger partial charge >= 0.3 is 5.97 Å². The van der Waals surface area contributed by atoms with Gasteiger partial charge in [0, 0.05) is 18.3 Å². The summed E-state index contributed by atoms with van der Waals surface area (Å²) in [6.45, 7) is 3.81. The number of carbonyl (C=O) groups is 2. The number of amides is 1. The van der Waals surface area contributed by atoms with E-state index < -0.39 is 11.9 Å². The van der Waals surface area contributed by atoms with E-state index in [-0.39, 0.29) is 17.9 Å². The molecule has 6 nitrogen and oxygen atoms in total. The summed E-state index contributed by atoms with van der Waals surface area (Å²) in [6.07, 6.45) is 2.17. The molecule has 3 atom stereocenters. The van der Waals surface area contributed by atoms with E-state index in [2.05, 4.69) is 10.4 Å². The quantitative estimate of drug-likeness (QED) is 0.822. The highest BCUT2D eigenvalue weighted by Gasteiger charge is 2.48. The molecule has 1 fully saturated rings. The first-order chi connectivity index (χ1) is 8.41. The second kappa shape index (κ2) is 4.44. The maximum atomic E-state index is 11.8. The lowest BCUT2D eigenvalue weighted by Crippen LogP contribution is -2.29. The molecule has 1 aliphatic rings. The number of aliphatic carboxylic acids is 1. The highest BCUT2D eigenvalue weighted by atomic mass is 16.4. The summed E-state index contributed by atoms with van der Waals surface area (Å²) >= 11 is 0. The van der Waals surface area contributed by atoms with Gasteiger partial charge in [0.05, 0.1) is 24.1 Å². The van der Waals surface area contributed by atoms with Gasteiger partial charge in [-0.3, -0.25) is 14.3 Å². The maximum absolute atomic E-state index is 11.8. The van der Waals surface area contributed by atoms with Gasteiger partial charge in [-0.1, -0.05) is 0 Å². The van der Waals surface area contributed by atoms with Crippen molar-refractivity contribution in [1.29, 1.82) is 0 Å². The van der Waals surface area contributed by atoms with Crippen molar-refractivity contribution in [1.82, 2.24) is 15.1 Å². The first-order valence-electron chi connectivity index (χ1n) is 5.93. The van der Waals surface area contributed by atoms with Gasteiger partial charge in [0.2, 0.25) is 5.91 Å². The molecule has 1 saturated carbocycles. The number of carboxylic acid groups (broad SMARTS) is 1. The van der Waals surface area contributed by atoms with Crippen LogP contribution in [0.15, 0.2) is 6.20 Å². The monoisotopic (exact) mass is 251 g/mol. The predicted molar refractivity (Wildman–Crippen MR) is 63.7 cm³/mol. The van der Waals surface area contributed by atoms with Gasteiger partial charge in [-0.15, -0.1) is 0 Å². The summed E-state index contributed by atoms with van der Waals surface area (Å²) in [5, 5.41) is 15.7. The van der Waals surface area contributed by atoms with Crippen LogP contribution in [-0.4, -0.2) is 26.8 Å². The number of carboxylic acids is 1. The van der Waals surface area contributed by atoms with Crippen molar-refractivity contribution in [2.75, 3.05) is 0 Å². The van der Waals surface area contributed by atoms with Crippen LogP contribution < -0.4 is 5.32 Å². The average Bonchev–Trinajstić information content (AvgIpc) is 3.02. The van der Waals surface area contributed by atoms with Crippen LogP contribution in [0, 0.1) is 18.8 Å². The van der Waals surface area contributed by atoms with Gasteiger partial charge in [-0.05, 0) is 20.3 Å². The molecule has 6 heteroatoms. The van der Waals surface area contributed by atoms with Crippen LogP contribution in [0.4, 0.5) is 0 Å². The Balaban J connectivity index is 1.96. The molecule has 0 aliphatic heterocycles. The predicted octanol–water partition coefficient (Wildman–Crippen LogP) is 0.626. The first-order valence-corrected chi connectivity index (χ1v) is 5.93. The number of aromatic nitrogens is 2. The van der Waals surface area contributed by atoms with Crippen molar-refractivity contribution in [3.63, 3.8) is 0 Å². The molecule has 1 amide bonds. The minimum atomic E-state index is -0.889. The first kappa shape index (κ1) is 12.6. The zero-order valence-electron chi connectivity index (χ0n) is 10.7. The third-order valence-corrected chi connectivity index (χ3v) is 3.54. The molecule has 0 aromatic carbocycles. The van der Waals surface area contributed by atoms with Crippen LogP contribution in [0.3, 0.4) is 0 Å². The fourth-order valence-corrected chi connectivity index (χ4v) is 2.10. The van der Waals surface area contributed by atoms with E-state index in [1.807, 2.05) is 20.9 Å². The third-order valence-electron chi connectivity index (χ3n) is 3.54. The van der Waals surface area contributed by atoms with Gasteiger partial charge in [0.25, 0.3) is 0 Å². The number of hydrogen-bond donors (Lipinski definition) is 2. The van der Waals surface area contributed by atoms with Crippen LogP contribution in [-0.2, 0) is 16.6 Å². The Bertz CT molecular complexity index is 495. The van der Waals surface area contributed by atoms with Gasteiger partial charge in [0.1, 0.15) is 0 Å². The molecular formula is C12H17N3O3. The van der Waals surface area contributed by atoms with Crippen molar-refractivity contribution in [3.8, 4) is 0 Å². The average molecular weight is 251 g/mol. The number of carbonyl (C=O) groups excluding carboxylic acids is 1. The number of nitrogens with one attached hydrogen (secondary N) is 1. The second-order valence-corrected chi connectivity index (χ2v) is 4.83. The van der Waals surface area contributed by atoms with Crippen molar-refractivity contribution < 1.29 is 14.7 Å². The van der Waals surface area contributed by atoms with Crippen molar-refractivity contribution in [2.24, 2.45) is 18.9 Å². The fraction of sp³-hybridized carbons (Fsp3) is 0.583. The Hall–Kier alpha value is -1.85. The zero-order valence-corrected chi connectivity index (χ0v) is 10.7. The molecule has 1 heterocycles. The lowest BCUT2D eigenvalue weighted by atomic mass is 10.1. The van der Waals surface area contributed by atoms with Crippen LogP contribution in [0.5, 0.6) is 0 Å². The summed E-state index contributed by atoms with van der Waals surface area (Å²) in [5.41, 5.74) is 1.95. The standard InChI is InChI=1S/C12H17N3O3/c1-6(10-5-13-15(3)7(10)2)14-11(16)8-4-9(8)12(17)18/h5-6,8-9H,4H2,1-3H3,(H,14,16)(H,17,18)/t6-,8-,9-/m0/s1. The third kappa shape index (κ3) is 2.23. The molecule has 18 heavy (non-hydrogen) atoms. The van der Waals surface area contributed by atoms with E-state index in [9.17, 15) is 9.59 Å². The lowest BCUT2D eigenvalue weighted by Gasteiger charge is -2.13. The number of hydrogen-bond acceptors (Lipinski definition) is 3. The normalized spacial score (nSPS) is 23.5. The molecule has 1 aromatic rings. The van der Waals surface area contributed by atoms with Crippen LogP contribution in [0.2, 0.25) is 0 Å². The molecule has 0 radical (unpaired) electrons. The Morgan fingerprint density at radius 3 is 2.67 bits per heavy atom. The minimum Gasteiger partial charge on any atom is -0.481 e. The van der Waals surface area contributed by atoms with Crippen LogP contribution in [0.25, 0.3) is 0 Å². The molecule has 0 unspecified atom stereocenters.